The van der Waals surface area contributed by atoms with Crippen LogP contribution in [0.2, 0.25) is 0 Å². The lowest BCUT2D eigenvalue weighted by Crippen LogP contribution is -2.37. The Morgan fingerprint density at radius 1 is 1.11 bits per heavy atom. The summed E-state index contributed by atoms with van der Waals surface area (Å²) in [7, 11) is 0. The first-order chi connectivity index (χ1) is 9.02. The highest BCUT2D eigenvalue weighted by Gasteiger charge is 2.38. The molecule has 0 fully saturated rings. The third kappa shape index (κ3) is 3.91. The van der Waals surface area contributed by atoms with Crippen LogP contribution in [-0.2, 0) is 15.0 Å². The van der Waals surface area contributed by atoms with Gasteiger partial charge in [0.05, 0.1) is 5.41 Å². The lowest BCUT2D eigenvalue weighted by molar-refractivity contribution is -0.151. The Morgan fingerprint density at radius 2 is 1.74 bits per heavy atom. The van der Waals surface area contributed by atoms with Crippen LogP contribution in [0.25, 0.3) is 0 Å². The second-order valence-electron chi connectivity index (χ2n) is 5.14. The van der Waals surface area contributed by atoms with Gasteiger partial charge in [0.15, 0.2) is 0 Å². The van der Waals surface area contributed by atoms with Crippen LogP contribution >= 0.6 is 0 Å². The van der Waals surface area contributed by atoms with Gasteiger partial charge in [-0.2, -0.15) is 0 Å². The normalized spacial score (nSPS) is 13.8. The number of carbonyl (C=O) groups is 2. The van der Waals surface area contributed by atoms with E-state index in [0.717, 1.165) is 31.2 Å². The fourth-order valence-corrected chi connectivity index (χ4v) is 2.34. The zero-order chi connectivity index (χ0) is 14.3. The molecule has 0 heterocycles. The number of ketones is 1. The minimum atomic E-state index is -1.35. The lowest BCUT2D eigenvalue weighted by atomic mass is 9.74. The van der Waals surface area contributed by atoms with E-state index in [0.29, 0.717) is 6.42 Å². The molecule has 1 unspecified atom stereocenters. The van der Waals surface area contributed by atoms with E-state index in [1.807, 2.05) is 30.3 Å². The topological polar surface area (TPSA) is 54.4 Å². The molecule has 1 N–H and O–H groups in total. The monoisotopic (exact) mass is 262 g/mol. The molecule has 0 aliphatic rings. The molecule has 0 aliphatic heterocycles. The van der Waals surface area contributed by atoms with Gasteiger partial charge >= 0.3 is 5.97 Å². The Balaban J connectivity index is 2.91. The highest BCUT2D eigenvalue weighted by atomic mass is 16.4. The largest absolute Gasteiger partial charge is 0.475 e. The Kier molecular flexibility index (Phi) is 5.74. The SMILES string of the molecule is CCCCCCC(C)(C(=O)C(=O)O)c1ccccc1. The molecule has 0 radical (unpaired) electrons. The molecule has 0 aliphatic carbocycles. The first kappa shape index (κ1) is 15.4. The Hall–Kier alpha value is -1.64. The van der Waals surface area contributed by atoms with Crippen LogP contribution in [-0.4, -0.2) is 16.9 Å². The molecule has 1 aromatic carbocycles. The molecule has 0 saturated carbocycles. The zero-order valence-corrected chi connectivity index (χ0v) is 11.7. The third-order valence-electron chi connectivity index (χ3n) is 3.64. The fourth-order valence-electron chi connectivity index (χ4n) is 2.34. The maximum Gasteiger partial charge on any atom is 0.373 e. The van der Waals surface area contributed by atoms with Crippen molar-refractivity contribution in [2.24, 2.45) is 0 Å². The highest BCUT2D eigenvalue weighted by Crippen LogP contribution is 2.31. The van der Waals surface area contributed by atoms with Crippen LogP contribution in [0.1, 0.15) is 51.5 Å². The number of benzene rings is 1. The number of carbonyl (C=O) groups excluding carboxylic acids is 1. The molecule has 0 bridgehead atoms. The Morgan fingerprint density at radius 3 is 2.26 bits per heavy atom. The quantitative estimate of drug-likeness (QED) is 0.575. The van der Waals surface area contributed by atoms with E-state index < -0.39 is 17.2 Å². The summed E-state index contributed by atoms with van der Waals surface area (Å²) in [6.45, 7) is 3.86. The van der Waals surface area contributed by atoms with Crippen molar-refractivity contribution < 1.29 is 14.7 Å². The van der Waals surface area contributed by atoms with Crippen LogP contribution in [0, 0.1) is 0 Å². The summed E-state index contributed by atoms with van der Waals surface area (Å²) in [6, 6.07) is 9.22. The molecule has 0 saturated heterocycles. The molecule has 3 nitrogen and oxygen atoms in total. The molecule has 0 amide bonds. The lowest BCUT2D eigenvalue weighted by Gasteiger charge is -2.26. The van der Waals surface area contributed by atoms with E-state index in [1.54, 1.807) is 6.92 Å². The molecule has 1 atom stereocenters. The van der Waals surface area contributed by atoms with Crippen molar-refractivity contribution in [1.82, 2.24) is 0 Å². The second kappa shape index (κ2) is 7.07. The summed E-state index contributed by atoms with van der Waals surface area (Å²) in [5.74, 6) is -2.06. The molecule has 1 rings (SSSR count). The maximum atomic E-state index is 12.0. The van der Waals surface area contributed by atoms with Gasteiger partial charge in [0.25, 0.3) is 0 Å². The number of unbranched alkanes of at least 4 members (excludes halogenated alkanes) is 3. The standard InChI is InChI=1S/C16H22O3/c1-3-4-5-9-12-16(2,14(17)15(18)19)13-10-7-6-8-11-13/h6-8,10-11H,3-5,9,12H2,1-2H3,(H,18,19). The molecule has 0 spiro atoms. The van der Waals surface area contributed by atoms with Crippen LogP contribution in [0.3, 0.4) is 0 Å². The van der Waals surface area contributed by atoms with E-state index in [-0.39, 0.29) is 0 Å². The average molecular weight is 262 g/mol. The predicted molar refractivity (Wildman–Crippen MR) is 75.2 cm³/mol. The fraction of sp³-hybridized carbons (Fsp3) is 0.500. The summed E-state index contributed by atoms with van der Waals surface area (Å²) < 4.78 is 0. The summed E-state index contributed by atoms with van der Waals surface area (Å²) in [4.78, 5) is 23.1. The number of rotatable bonds is 8. The Labute approximate surface area is 114 Å². The van der Waals surface area contributed by atoms with Crippen molar-refractivity contribution in [3.63, 3.8) is 0 Å². The number of Topliss-reactive ketones (excluding diaryl/α,β-unsaturated/α-hetero) is 1. The van der Waals surface area contributed by atoms with Crippen LogP contribution in [0.4, 0.5) is 0 Å². The number of hydrogen-bond acceptors (Lipinski definition) is 2. The Bertz CT molecular complexity index is 425. The van der Waals surface area contributed by atoms with Gasteiger partial charge in [0.2, 0.25) is 5.78 Å². The smallest absolute Gasteiger partial charge is 0.373 e. The molecular weight excluding hydrogens is 240 g/mol. The van der Waals surface area contributed by atoms with Gasteiger partial charge in [-0.25, -0.2) is 4.79 Å². The van der Waals surface area contributed by atoms with Gasteiger partial charge in [-0.05, 0) is 18.9 Å². The summed E-state index contributed by atoms with van der Waals surface area (Å²) >= 11 is 0. The van der Waals surface area contributed by atoms with Crippen LogP contribution < -0.4 is 0 Å². The van der Waals surface area contributed by atoms with Crippen LogP contribution in [0.15, 0.2) is 30.3 Å². The minimum absolute atomic E-state index is 0.585. The molecule has 1 aromatic rings. The van der Waals surface area contributed by atoms with E-state index in [1.165, 1.54) is 0 Å². The van der Waals surface area contributed by atoms with Gasteiger partial charge in [0, 0.05) is 0 Å². The van der Waals surface area contributed by atoms with E-state index in [4.69, 9.17) is 5.11 Å². The molecule has 0 aromatic heterocycles. The number of hydrogen-bond donors (Lipinski definition) is 1. The van der Waals surface area contributed by atoms with Gasteiger partial charge < -0.3 is 5.11 Å². The molecule has 19 heavy (non-hydrogen) atoms. The first-order valence-corrected chi connectivity index (χ1v) is 6.85. The van der Waals surface area contributed by atoms with Gasteiger partial charge in [-0.15, -0.1) is 0 Å². The summed E-state index contributed by atoms with van der Waals surface area (Å²) in [5.41, 5.74) is -0.125. The summed E-state index contributed by atoms with van der Waals surface area (Å²) in [6.07, 6.45) is 4.73. The van der Waals surface area contributed by atoms with Crippen LogP contribution in [0.5, 0.6) is 0 Å². The van der Waals surface area contributed by atoms with E-state index >= 15 is 0 Å². The number of carboxylic acids is 1. The average Bonchev–Trinajstić information content (AvgIpc) is 2.43. The summed E-state index contributed by atoms with van der Waals surface area (Å²) in [5, 5.41) is 9.03. The second-order valence-corrected chi connectivity index (χ2v) is 5.14. The number of aliphatic carboxylic acids is 1. The van der Waals surface area contributed by atoms with Crippen molar-refractivity contribution in [3.05, 3.63) is 35.9 Å². The third-order valence-corrected chi connectivity index (χ3v) is 3.64. The van der Waals surface area contributed by atoms with Gasteiger partial charge in [0.1, 0.15) is 0 Å². The van der Waals surface area contributed by atoms with Gasteiger partial charge in [-0.1, -0.05) is 62.9 Å². The highest BCUT2D eigenvalue weighted by molar-refractivity contribution is 6.36. The zero-order valence-electron chi connectivity index (χ0n) is 11.7. The molecular formula is C16H22O3. The van der Waals surface area contributed by atoms with E-state index in [9.17, 15) is 9.59 Å². The predicted octanol–water partition coefficient (Wildman–Crippen LogP) is 3.57. The van der Waals surface area contributed by atoms with Crippen molar-refractivity contribution in [2.75, 3.05) is 0 Å². The van der Waals surface area contributed by atoms with Gasteiger partial charge in [-0.3, -0.25) is 4.79 Å². The molecule has 3 heteroatoms. The molecule has 104 valence electrons. The number of carboxylic acid groups (broad SMARTS) is 1. The minimum Gasteiger partial charge on any atom is -0.475 e. The van der Waals surface area contributed by atoms with E-state index in [2.05, 4.69) is 6.92 Å². The first-order valence-electron chi connectivity index (χ1n) is 6.85. The van der Waals surface area contributed by atoms with Crippen molar-refractivity contribution in [1.29, 1.82) is 0 Å². The van der Waals surface area contributed by atoms with Crippen molar-refractivity contribution >= 4 is 11.8 Å². The van der Waals surface area contributed by atoms with Crippen molar-refractivity contribution in [2.45, 2.75) is 51.4 Å². The van der Waals surface area contributed by atoms with Crippen molar-refractivity contribution in [3.8, 4) is 0 Å². The maximum absolute atomic E-state index is 12.0.